The van der Waals surface area contributed by atoms with Crippen LogP contribution in [0.15, 0.2) is 18.5 Å². The molecular formula is C18H25IN4O4S2. The number of aromatic nitrogens is 2. The Bertz CT molecular complexity index is 972. The Hall–Kier alpha value is -1.05. The molecule has 8 nitrogen and oxygen atoms in total. The molecule has 3 rings (SSSR count). The third-order valence-electron chi connectivity index (χ3n) is 5.21. The van der Waals surface area contributed by atoms with Crippen molar-refractivity contribution in [1.29, 1.82) is 0 Å². The number of pyridine rings is 1. The highest BCUT2D eigenvalue weighted by molar-refractivity contribution is 14.2. The molecule has 1 aliphatic rings. The summed E-state index contributed by atoms with van der Waals surface area (Å²) < 4.78 is 33.2. The van der Waals surface area contributed by atoms with Crippen LogP contribution >= 0.6 is 30.3 Å². The summed E-state index contributed by atoms with van der Waals surface area (Å²) in [4.78, 5) is 16.9. The molecule has 1 aliphatic carbocycles. The van der Waals surface area contributed by atoms with Gasteiger partial charge in [0.15, 0.2) is 5.65 Å². The smallest absolute Gasteiger partial charge is 0.341 e. The predicted octanol–water partition coefficient (Wildman–Crippen LogP) is 3.58. The average molecular weight is 552 g/mol. The fraction of sp³-hybridized carbons (Fsp3) is 0.556. The van der Waals surface area contributed by atoms with E-state index in [0.29, 0.717) is 12.2 Å². The number of hydrogen-bond donors (Lipinski definition) is 2. The third kappa shape index (κ3) is 5.36. The number of halogens is 1. The topological polar surface area (TPSA) is 102 Å². The van der Waals surface area contributed by atoms with Gasteiger partial charge in [-0.15, -0.1) is 0 Å². The van der Waals surface area contributed by atoms with Gasteiger partial charge in [0.05, 0.1) is 18.0 Å². The second kappa shape index (κ2) is 9.84. The number of hydrogen-bond acceptors (Lipinski definition) is 7. The minimum Gasteiger partial charge on any atom is -0.462 e. The van der Waals surface area contributed by atoms with E-state index in [2.05, 4.69) is 36.2 Å². The molecule has 0 spiro atoms. The highest BCUT2D eigenvalue weighted by Gasteiger charge is 2.27. The molecule has 1 fully saturated rings. The summed E-state index contributed by atoms with van der Waals surface area (Å²) in [5.41, 5.74) is 1.95. The van der Waals surface area contributed by atoms with E-state index in [-0.39, 0.29) is 17.7 Å². The van der Waals surface area contributed by atoms with Gasteiger partial charge in [-0.3, -0.25) is 3.97 Å². The van der Waals surface area contributed by atoms with E-state index >= 15 is 0 Å². The molecule has 2 N–H and O–H groups in total. The minimum absolute atomic E-state index is 0.156. The zero-order valence-electron chi connectivity index (χ0n) is 16.4. The number of sulfonamides is 1. The average Bonchev–Trinajstić information content (AvgIpc) is 3.13. The molecule has 2 aromatic rings. The van der Waals surface area contributed by atoms with Crippen LogP contribution in [0.3, 0.4) is 0 Å². The molecular weight excluding hydrogens is 527 g/mol. The lowest BCUT2D eigenvalue weighted by Crippen LogP contribution is -2.32. The van der Waals surface area contributed by atoms with Gasteiger partial charge in [-0.25, -0.2) is 22.9 Å². The normalized spacial score (nSPS) is 20.0. The van der Waals surface area contributed by atoms with Crippen molar-refractivity contribution in [2.24, 2.45) is 5.92 Å². The SMILES string of the molecule is CCOC(=O)c1cnc2c(ccn2SI)c1NC1CCC(CS(=O)(=O)NC)CC1. The number of rotatable bonds is 8. The van der Waals surface area contributed by atoms with Gasteiger partial charge in [-0.2, -0.15) is 0 Å². The van der Waals surface area contributed by atoms with E-state index in [4.69, 9.17) is 4.74 Å². The zero-order valence-corrected chi connectivity index (χ0v) is 20.1. The van der Waals surface area contributed by atoms with E-state index in [1.165, 1.54) is 16.2 Å². The molecule has 0 aromatic carbocycles. The Balaban J connectivity index is 1.81. The highest BCUT2D eigenvalue weighted by atomic mass is 127. The van der Waals surface area contributed by atoms with Crippen LogP contribution < -0.4 is 10.0 Å². The fourth-order valence-corrected chi connectivity index (χ4v) is 6.10. The summed E-state index contributed by atoms with van der Waals surface area (Å²) in [7, 11) is -0.232. The Morgan fingerprint density at radius 3 is 2.72 bits per heavy atom. The molecule has 11 heteroatoms. The summed E-state index contributed by atoms with van der Waals surface area (Å²) in [6, 6.07) is 2.11. The van der Waals surface area contributed by atoms with E-state index < -0.39 is 16.0 Å². The largest absolute Gasteiger partial charge is 0.462 e. The van der Waals surface area contributed by atoms with Gasteiger partial charge in [-0.1, -0.05) is 0 Å². The van der Waals surface area contributed by atoms with Crippen molar-refractivity contribution in [3.05, 3.63) is 24.0 Å². The minimum atomic E-state index is -3.19. The zero-order chi connectivity index (χ0) is 21.0. The molecule has 0 unspecified atom stereocenters. The van der Waals surface area contributed by atoms with Crippen molar-refractivity contribution >= 4 is 63.0 Å². The van der Waals surface area contributed by atoms with Crippen molar-refractivity contribution in [3.63, 3.8) is 0 Å². The van der Waals surface area contributed by atoms with Crippen molar-refractivity contribution < 1.29 is 17.9 Å². The van der Waals surface area contributed by atoms with Gasteiger partial charge >= 0.3 is 5.97 Å². The highest BCUT2D eigenvalue weighted by Crippen LogP contribution is 2.34. The first-order valence-electron chi connectivity index (χ1n) is 9.52. The molecule has 0 radical (unpaired) electrons. The van der Waals surface area contributed by atoms with Gasteiger partial charge in [0.1, 0.15) is 5.56 Å². The van der Waals surface area contributed by atoms with Crippen LogP contribution in [0.2, 0.25) is 0 Å². The number of anilines is 1. The second-order valence-corrected chi connectivity index (χ2v) is 10.7. The van der Waals surface area contributed by atoms with Gasteiger partial charge in [0.25, 0.3) is 0 Å². The number of carbonyl (C=O) groups excluding carboxylic acids is 1. The Labute approximate surface area is 187 Å². The first-order chi connectivity index (χ1) is 13.9. The van der Waals surface area contributed by atoms with Crippen molar-refractivity contribution in [3.8, 4) is 0 Å². The maximum atomic E-state index is 12.5. The maximum absolute atomic E-state index is 12.5. The first-order valence-corrected chi connectivity index (χ1v) is 14.5. The number of carbonyl (C=O) groups is 1. The monoisotopic (exact) mass is 552 g/mol. The predicted molar refractivity (Wildman–Crippen MR) is 125 cm³/mol. The second-order valence-electron chi connectivity index (χ2n) is 7.06. The van der Waals surface area contributed by atoms with E-state index in [1.807, 2.05) is 16.2 Å². The molecule has 0 amide bonds. The molecule has 0 saturated heterocycles. The third-order valence-corrected chi connectivity index (χ3v) is 8.46. The number of nitrogens with one attached hydrogen (secondary N) is 2. The van der Waals surface area contributed by atoms with Gasteiger partial charge in [0, 0.05) is 54.1 Å². The molecule has 0 atom stereocenters. The molecule has 160 valence electrons. The van der Waals surface area contributed by atoms with Gasteiger partial charge < -0.3 is 10.1 Å². The number of fused-ring (bicyclic) bond motifs is 1. The van der Waals surface area contributed by atoms with Crippen LogP contribution in [-0.2, 0) is 14.8 Å². The lowest BCUT2D eigenvalue weighted by Gasteiger charge is -2.30. The fourth-order valence-electron chi connectivity index (χ4n) is 3.71. The molecule has 29 heavy (non-hydrogen) atoms. The van der Waals surface area contributed by atoms with E-state index in [9.17, 15) is 13.2 Å². The van der Waals surface area contributed by atoms with Crippen molar-refractivity contribution in [2.45, 2.75) is 38.6 Å². The lowest BCUT2D eigenvalue weighted by molar-refractivity contribution is 0.0527. The van der Waals surface area contributed by atoms with Crippen LogP contribution in [0.5, 0.6) is 0 Å². The quantitative estimate of drug-likeness (QED) is 0.381. The molecule has 0 aliphatic heterocycles. The van der Waals surface area contributed by atoms with Crippen LogP contribution in [-0.4, -0.2) is 48.8 Å². The standard InChI is InChI=1S/C18H25IN4O4S2/c1-3-27-18(24)15-10-21-17-14(8-9-23(17)28-19)16(15)22-13-6-4-12(5-7-13)11-29(25,26)20-2/h8-10,12-13,20H,3-7,11H2,1-2H3,(H,21,22). The summed E-state index contributed by atoms with van der Waals surface area (Å²) in [5.74, 6) is -0.0726. The molecule has 1 saturated carbocycles. The van der Waals surface area contributed by atoms with Crippen molar-refractivity contribution in [2.75, 3.05) is 24.7 Å². The van der Waals surface area contributed by atoms with Gasteiger partial charge in [-0.05, 0) is 51.6 Å². The molecule has 2 heterocycles. The van der Waals surface area contributed by atoms with Gasteiger partial charge in [0.2, 0.25) is 10.0 Å². The summed E-state index contributed by atoms with van der Waals surface area (Å²) in [6.07, 6.45) is 6.83. The Morgan fingerprint density at radius 1 is 1.38 bits per heavy atom. The summed E-state index contributed by atoms with van der Waals surface area (Å²) >= 11 is 2.19. The molecule has 2 aromatic heterocycles. The first kappa shape index (κ1) is 22.6. The van der Waals surface area contributed by atoms with Crippen molar-refractivity contribution in [1.82, 2.24) is 13.7 Å². The lowest BCUT2D eigenvalue weighted by atomic mass is 9.87. The molecule has 0 bridgehead atoms. The number of ether oxygens (including phenoxy) is 1. The maximum Gasteiger partial charge on any atom is 0.341 e. The van der Waals surface area contributed by atoms with Crippen LogP contribution in [0.25, 0.3) is 11.0 Å². The number of nitrogens with zero attached hydrogens (tertiary/aromatic N) is 2. The summed E-state index contributed by atoms with van der Waals surface area (Å²) in [6.45, 7) is 2.08. The summed E-state index contributed by atoms with van der Waals surface area (Å²) in [5, 5.41) is 4.41. The number of esters is 1. The Morgan fingerprint density at radius 2 is 2.10 bits per heavy atom. The van der Waals surface area contributed by atoms with Crippen LogP contribution in [0, 0.1) is 5.92 Å². The van der Waals surface area contributed by atoms with Crippen LogP contribution in [0.1, 0.15) is 43.0 Å². The van der Waals surface area contributed by atoms with E-state index in [0.717, 1.165) is 42.4 Å². The Kier molecular flexibility index (Phi) is 7.68. The van der Waals surface area contributed by atoms with Crippen LogP contribution in [0.4, 0.5) is 5.69 Å². The van der Waals surface area contributed by atoms with E-state index in [1.54, 1.807) is 13.1 Å².